The largest absolute Gasteiger partial charge is 0.318 e. The number of rotatable bonds is 6. The standard InChI is InChI=1S/C24H23N3O/c1-26(20-12-6-3-7-13-20)24(28)18-27-22-15-9-8-14-21(22)25-23(27)17-16-19-10-4-2-5-11-19/h2-15H,16-18H2,1H3. The van der Waals surface area contributed by atoms with Gasteiger partial charge in [-0.2, -0.15) is 0 Å². The van der Waals surface area contributed by atoms with Gasteiger partial charge >= 0.3 is 0 Å². The molecule has 3 aromatic carbocycles. The second-order valence-electron chi connectivity index (χ2n) is 6.88. The molecular weight excluding hydrogens is 346 g/mol. The molecular formula is C24H23N3O. The third-order valence-electron chi connectivity index (χ3n) is 5.02. The van der Waals surface area contributed by atoms with Crippen LogP contribution in [0, 0.1) is 0 Å². The van der Waals surface area contributed by atoms with E-state index in [9.17, 15) is 4.79 Å². The number of hydrogen-bond acceptors (Lipinski definition) is 2. The van der Waals surface area contributed by atoms with Gasteiger partial charge in [-0.25, -0.2) is 4.98 Å². The fraction of sp³-hybridized carbons (Fsp3) is 0.167. The second-order valence-corrected chi connectivity index (χ2v) is 6.88. The van der Waals surface area contributed by atoms with E-state index in [0.717, 1.165) is 35.4 Å². The summed E-state index contributed by atoms with van der Waals surface area (Å²) in [6.45, 7) is 0.274. The van der Waals surface area contributed by atoms with Crippen molar-refractivity contribution < 1.29 is 4.79 Å². The zero-order chi connectivity index (χ0) is 19.3. The number of nitrogens with zero attached hydrogens (tertiary/aromatic N) is 3. The van der Waals surface area contributed by atoms with E-state index in [0.29, 0.717) is 0 Å². The molecule has 4 nitrogen and oxygen atoms in total. The Balaban J connectivity index is 1.60. The van der Waals surface area contributed by atoms with Crippen LogP contribution < -0.4 is 4.90 Å². The van der Waals surface area contributed by atoms with Crippen molar-refractivity contribution in [2.45, 2.75) is 19.4 Å². The van der Waals surface area contributed by atoms with Crippen LogP contribution in [0.5, 0.6) is 0 Å². The molecule has 0 bridgehead atoms. The van der Waals surface area contributed by atoms with Crippen LogP contribution in [0.4, 0.5) is 5.69 Å². The van der Waals surface area contributed by atoms with Crippen LogP contribution in [-0.4, -0.2) is 22.5 Å². The Kier molecular flexibility index (Phi) is 5.20. The highest BCUT2D eigenvalue weighted by atomic mass is 16.2. The van der Waals surface area contributed by atoms with Gasteiger partial charge in [-0.05, 0) is 36.2 Å². The molecule has 0 saturated carbocycles. The minimum atomic E-state index is 0.0373. The predicted molar refractivity (Wildman–Crippen MR) is 113 cm³/mol. The van der Waals surface area contributed by atoms with Crippen LogP contribution in [0.3, 0.4) is 0 Å². The van der Waals surface area contributed by atoms with Crippen LogP contribution >= 0.6 is 0 Å². The minimum Gasteiger partial charge on any atom is -0.318 e. The van der Waals surface area contributed by atoms with Crippen LogP contribution in [0.2, 0.25) is 0 Å². The van der Waals surface area contributed by atoms with Crippen molar-refractivity contribution in [3.8, 4) is 0 Å². The molecule has 1 aromatic heterocycles. The first-order valence-electron chi connectivity index (χ1n) is 9.52. The van der Waals surface area contributed by atoms with Gasteiger partial charge in [0.2, 0.25) is 5.91 Å². The molecule has 0 aliphatic rings. The minimum absolute atomic E-state index is 0.0373. The van der Waals surface area contributed by atoms with Gasteiger partial charge in [0.05, 0.1) is 11.0 Å². The van der Waals surface area contributed by atoms with Gasteiger partial charge in [0, 0.05) is 19.2 Å². The lowest BCUT2D eigenvalue weighted by atomic mass is 10.1. The molecule has 28 heavy (non-hydrogen) atoms. The Morgan fingerprint density at radius 1 is 0.857 bits per heavy atom. The molecule has 4 aromatic rings. The lowest BCUT2D eigenvalue weighted by molar-refractivity contribution is -0.118. The van der Waals surface area contributed by atoms with Crippen molar-refractivity contribution in [3.05, 3.63) is 96.3 Å². The van der Waals surface area contributed by atoms with Crippen molar-refractivity contribution >= 4 is 22.6 Å². The molecule has 0 unspecified atom stereocenters. The monoisotopic (exact) mass is 369 g/mol. The zero-order valence-electron chi connectivity index (χ0n) is 16.0. The highest BCUT2D eigenvalue weighted by Gasteiger charge is 2.17. The maximum Gasteiger partial charge on any atom is 0.246 e. The molecule has 4 heteroatoms. The normalized spacial score (nSPS) is 10.9. The maximum absolute atomic E-state index is 13.0. The number of carbonyl (C=O) groups is 1. The number of aromatic nitrogens is 2. The summed E-state index contributed by atoms with van der Waals surface area (Å²) in [5.74, 6) is 0.982. The summed E-state index contributed by atoms with van der Waals surface area (Å²) in [5.41, 5.74) is 4.10. The van der Waals surface area contributed by atoms with E-state index in [2.05, 4.69) is 28.8 Å². The third kappa shape index (κ3) is 3.81. The summed E-state index contributed by atoms with van der Waals surface area (Å²) in [7, 11) is 1.82. The Bertz CT molecular complexity index is 1070. The first kappa shape index (κ1) is 18.0. The molecule has 0 atom stereocenters. The van der Waals surface area contributed by atoms with E-state index in [-0.39, 0.29) is 12.5 Å². The first-order chi connectivity index (χ1) is 13.7. The van der Waals surface area contributed by atoms with E-state index < -0.39 is 0 Å². The van der Waals surface area contributed by atoms with Crippen molar-refractivity contribution in [1.29, 1.82) is 0 Å². The van der Waals surface area contributed by atoms with Gasteiger partial charge in [0.25, 0.3) is 0 Å². The zero-order valence-corrected chi connectivity index (χ0v) is 16.0. The Hall–Kier alpha value is -3.40. The van der Waals surface area contributed by atoms with Crippen LogP contribution in [-0.2, 0) is 24.2 Å². The van der Waals surface area contributed by atoms with Gasteiger partial charge < -0.3 is 9.47 Å². The van der Waals surface area contributed by atoms with Crippen molar-refractivity contribution in [1.82, 2.24) is 9.55 Å². The molecule has 0 aliphatic heterocycles. The summed E-state index contributed by atoms with van der Waals surface area (Å²) in [6.07, 6.45) is 1.69. The SMILES string of the molecule is CN(C(=O)Cn1c(CCc2ccccc2)nc2ccccc21)c1ccccc1. The van der Waals surface area contributed by atoms with Crippen LogP contribution in [0.15, 0.2) is 84.9 Å². The quantitative estimate of drug-likeness (QED) is 0.502. The third-order valence-corrected chi connectivity index (χ3v) is 5.02. The van der Waals surface area contributed by atoms with E-state index in [4.69, 9.17) is 4.98 Å². The lowest BCUT2D eigenvalue weighted by Crippen LogP contribution is -2.30. The Morgan fingerprint density at radius 3 is 2.25 bits per heavy atom. The van der Waals surface area contributed by atoms with Crippen LogP contribution in [0.1, 0.15) is 11.4 Å². The number of amides is 1. The number of fused-ring (bicyclic) bond motifs is 1. The predicted octanol–water partition coefficient (Wildman–Crippen LogP) is 4.48. The van der Waals surface area contributed by atoms with Gasteiger partial charge in [-0.15, -0.1) is 0 Å². The molecule has 1 amide bonds. The summed E-state index contributed by atoms with van der Waals surface area (Å²) < 4.78 is 2.06. The molecule has 4 rings (SSSR count). The number of hydrogen-bond donors (Lipinski definition) is 0. The van der Waals surface area contributed by atoms with Crippen molar-refractivity contribution in [2.24, 2.45) is 0 Å². The number of imidazole rings is 1. The van der Waals surface area contributed by atoms with Gasteiger partial charge in [0.1, 0.15) is 12.4 Å². The molecule has 0 fully saturated rings. The molecule has 140 valence electrons. The number of likely N-dealkylation sites (N-methyl/N-ethyl adjacent to an activating group) is 1. The van der Waals surface area contributed by atoms with Gasteiger partial charge in [-0.1, -0.05) is 60.7 Å². The Morgan fingerprint density at radius 2 is 1.50 bits per heavy atom. The number of anilines is 1. The summed E-state index contributed by atoms with van der Waals surface area (Å²) in [4.78, 5) is 19.5. The number of carbonyl (C=O) groups excluding carboxylic acids is 1. The average molecular weight is 369 g/mol. The summed E-state index contributed by atoms with van der Waals surface area (Å²) >= 11 is 0. The van der Waals surface area contributed by atoms with E-state index >= 15 is 0 Å². The fourth-order valence-corrected chi connectivity index (χ4v) is 3.43. The molecule has 0 saturated heterocycles. The number of aryl methyl sites for hydroxylation is 2. The molecule has 0 spiro atoms. The summed E-state index contributed by atoms with van der Waals surface area (Å²) in [5, 5.41) is 0. The van der Waals surface area contributed by atoms with E-state index in [1.54, 1.807) is 4.90 Å². The number of benzene rings is 3. The van der Waals surface area contributed by atoms with E-state index in [1.165, 1.54) is 5.56 Å². The maximum atomic E-state index is 13.0. The van der Waals surface area contributed by atoms with Crippen molar-refractivity contribution in [3.63, 3.8) is 0 Å². The Labute approximate surface area is 165 Å². The van der Waals surface area contributed by atoms with Crippen LogP contribution in [0.25, 0.3) is 11.0 Å². The van der Waals surface area contributed by atoms with Gasteiger partial charge in [-0.3, -0.25) is 4.79 Å². The van der Waals surface area contributed by atoms with Crippen molar-refractivity contribution in [2.75, 3.05) is 11.9 Å². The topological polar surface area (TPSA) is 38.1 Å². The smallest absolute Gasteiger partial charge is 0.246 e. The van der Waals surface area contributed by atoms with Gasteiger partial charge in [0.15, 0.2) is 0 Å². The molecule has 0 radical (unpaired) electrons. The second kappa shape index (κ2) is 8.09. The lowest BCUT2D eigenvalue weighted by Gasteiger charge is -2.18. The van der Waals surface area contributed by atoms with E-state index in [1.807, 2.05) is 67.7 Å². The average Bonchev–Trinajstić information content (AvgIpc) is 3.10. The molecule has 0 N–H and O–H groups in total. The highest BCUT2D eigenvalue weighted by Crippen LogP contribution is 2.19. The first-order valence-corrected chi connectivity index (χ1v) is 9.52. The molecule has 1 heterocycles. The highest BCUT2D eigenvalue weighted by molar-refractivity contribution is 5.93. The molecule has 0 aliphatic carbocycles. The fourth-order valence-electron chi connectivity index (χ4n) is 3.43. The number of para-hydroxylation sites is 3. The summed E-state index contributed by atoms with van der Waals surface area (Å²) in [6, 6.07) is 28.1.